The summed E-state index contributed by atoms with van der Waals surface area (Å²) in [5, 5.41) is 2.30. The van der Waals surface area contributed by atoms with E-state index >= 15 is 4.39 Å². The van der Waals surface area contributed by atoms with Crippen molar-refractivity contribution in [1.82, 2.24) is 15.1 Å². The third-order valence-electron chi connectivity index (χ3n) is 7.26. The van der Waals surface area contributed by atoms with Gasteiger partial charge in [-0.25, -0.2) is 4.39 Å². The predicted octanol–water partition coefficient (Wildman–Crippen LogP) is 2.26. The van der Waals surface area contributed by atoms with E-state index in [-0.39, 0.29) is 24.8 Å². The monoisotopic (exact) mass is 464 g/mol. The van der Waals surface area contributed by atoms with E-state index in [1.807, 2.05) is 4.90 Å². The molecule has 0 spiro atoms. The lowest BCUT2D eigenvalue weighted by Crippen LogP contribution is -2.52. The Morgan fingerprint density at radius 3 is 2.56 bits per heavy atom. The average Bonchev–Trinajstić information content (AvgIpc) is 3.13. The van der Waals surface area contributed by atoms with Crippen LogP contribution in [0.5, 0.6) is 0 Å². The van der Waals surface area contributed by atoms with Gasteiger partial charge in [-0.3, -0.25) is 24.6 Å². The molecule has 3 amide bonds. The molecule has 2 fully saturated rings. The number of halogens is 1. The number of benzene rings is 2. The number of aryl methyl sites for hydroxylation is 1. The van der Waals surface area contributed by atoms with Crippen molar-refractivity contribution in [2.75, 3.05) is 37.6 Å². The molecule has 7 nitrogen and oxygen atoms in total. The summed E-state index contributed by atoms with van der Waals surface area (Å²) in [7, 11) is 0. The van der Waals surface area contributed by atoms with Crippen molar-refractivity contribution in [1.29, 1.82) is 0 Å². The van der Waals surface area contributed by atoms with Crippen molar-refractivity contribution in [3.63, 3.8) is 0 Å². The van der Waals surface area contributed by atoms with E-state index in [9.17, 15) is 14.4 Å². The molecule has 3 aliphatic heterocycles. The number of piperazine rings is 1. The number of fused-ring (bicyclic) bond motifs is 1. The van der Waals surface area contributed by atoms with Crippen LogP contribution in [-0.2, 0) is 22.6 Å². The zero-order chi connectivity index (χ0) is 23.8. The smallest absolute Gasteiger partial charge is 0.255 e. The van der Waals surface area contributed by atoms with Gasteiger partial charge in [0.05, 0.1) is 5.69 Å². The van der Waals surface area contributed by atoms with Crippen LogP contribution in [0.25, 0.3) is 0 Å². The minimum Gasteiger partial charge on any atom is -0.367 e. The Labute approximate surface area is 198 Å². The summed E-state index contributed by atoms with van der Waals surface area (Å²) < 4.78 is 15.1. The number of anilines is 1. The maximum atomic E-state index is 15.1. The van der Waals surface area contributed by atoms with E-state index in [0.717, 1.165) is 31.6 Å². The Balaban J connectivity index is 1.23. The number of hydrogen-bond acceptors (Lipinski definition) is 5. The van der Waals surface area contributed by atoms with Gasteiger partial charge in [0.2, 0.25) is 11.8 Å². The highest BCUT2D eigenvalue weighted by atomic mass is 19.1. The fourth-order valence-corrected chi connectivity index (χ4v) is 5.20. The fourth-order valence-electron chi connectivity index (χ4n) is 5.20. The Morgan fingerprint density at radius 2 is 1.82 bits per heavy atom. The summed E-state index contributed by atoms with van der Waals surface area (Å²) in [4.78, 5) is 42.5. The molecule has 1 atom stereocenters. The number of amides is 3. The molecule has 34 heavy (non-hydrogen) atoms. The van der Waals surface area contributed by atoms with Crippen LogP contribution in [-0.4, -0.2) is 66.3 Å². The molecule has 2 saturated heterocycles. The number of hydrogen-bond donors (Lipinski definition) is 1. The lowest BCUT2D eigenvalue weighted by Gasteiger charge is -2.36. The number of piperidine rings is 1. The topological polar surface area (TPSA) is 73.0 Å². The van der Waals surface area contributed by atoms with E-state index in [4.69, 9.17) is 0 Å². The van der Waals surface area contributed by atoms with Gasteiger partial charge in [-0.2, -0.15) is 0 Å². The van der Waals surface area contributed by atoms with E-state index in [2.05, 4.69) is 41.4 Å². The van der Waals surface area contributed by atoms with E-state index in [1.165, 1.54) is 22.1 Å². The van der Waals surface area contributed by atoms with E-state index in [1.54, 1.807) is 6.07 Å². The second-order valence-corrected chi connectivity index (χ2v) is 9.37. The third kappa shape index (κ3) is 4.30. The number of carbonyl (C=O) groups is 3. The highest BCUT2D eigenvalue weighted by Gasteiger charge is 2.39. The number of nitrogens with zero attached hydrogens (tertiary/aromatic N) is 3. The van der Waals surface area contributed by atoms with E-state index < -0.39 is 17.8 Å². The second kappa shape index (κ2) is 9.18. The van der Waals surface area contributed by atoms with Crippen LogP contribution in [0.2, 0.25) is 0 Å². The van der Waals surface area contributed by atoms with Gasteiger partial charge in [0.1, 0.15) is 11.9 Å². The number of rotatable bonds is 5. The average molecular weight is 465 g/mol. The highest BCUT2D eigenvalue weighted by molar-refractivity contribution is 6.05. The summed E-state index contributed by atoms with van der Waals surface area (Å²) >= 11 is 0. The fraction of sp³-hybridized carbons (Fsp3) is 0.423. The summed E-state index contributed by atoms with van der Waals surface area (Å²) in [6, 6.07) is 10.8. The van der Waals surface area contributed by atoms with Gasteiger partial charge in [-0.05, 0) is 48.6 Å². The molecule has 2 aromatic rings. The summed E-state index contributed by atoms with van der Waals surface area (Å²) in [6.45, 7) is 6.50. The minimum atomic E-state index is -0.694. The van der Waals surface area contributed by atoms with Gasteiger partial charge >= 0.3 is 0 Å². The summed E-state index contributed by atoms with van der Waals surface area (Å²) in [6.07, 6.45) is 1.49. The van der Waals surface area contributed by atoms with Gasteiger partial charge in [0.25, 0.3) is 5.91 Å². The first-order valence-corrected chi connectivity index (χ1v) is 11.9. The van der Waals surface area contributed by atoms with Crippen LogP contribution in [0, 0.1) is 12.7 Å². The van der Waals surface area contributed by atoms with Crippen molar-refractivity contribution in [3.8, 4) is 0 Å². The Kier molecular flexibility index (Phi) is 6.08. The SMILES string of the molecule is Cc1ccccc1CCN1CCN(c2cc3c(cc2F)C(=O)N(C2CCC(=O)NC2=O)C3)CC1. The molecule has 5 rings (SSSR count). The van der Waals surface area contributed by atoms with Gasteiger partial charge in [-0.15, -0.1) is 0 Å². The Hall–Kier alpha value is -3.26. The Bertz CT molecular complexity index is 1140. The van der Waals surface area contributed by atoms with Gasteiger partial charge in [-0.1, -0.05) is 24.3 Å². The standard InChI is InChI=1S/C26H29FN4O3/c1-17-4-2-3-5-18(17)8-9-29-10-12-30(13-11-29)23-14-19-16-31(26(34)20(19)15-21(23)27)22-6-7-24(32)28-25(22)33/h2-5,14-15,22H,6-13,16H2,1H3,(H,28,32,33). The molecular weight excluding hydrogens is 435 g/mol. The van der Waals surface area contributed by atoms with Crippen LogP contribution < -0.4 is 10.2 Å². The first kappa shape index (κ1) is 22.5. The van der Waals surface area contributed by atoms with Gasteiger partial charge < -0.3 is 9.80 Å². The van der Waals surface area contributed by atoms with Crippen molar-refractivity contribution in [2.24, 2.45) is 0 Å². The summed E-state index contributed by atoms with van der Waals surface area (Å²) in [5.41, 5.74) is 4.22. The lowest BCUT2D eigenvalue weighted by atomic mass is 10.0. The molecular formula is C26H29FN4O3. The van der Waals surface area contributed by atoms with Crippen LogP contribution >= 0.6 is 0 Å². The minimum absolute atomic E-state index is 0.199. The van der Waals surface area contributed by atoms with Crippen LogP contribution in [0.15, 0.2) is 36.4 Å². The number of nitrogens with one attached hydrogen (secondary N) is 1. The predicted molar refractivity (Wildman–Crippen MR) is 126 cm³/mol. The Morgan fingerprint density at radius 1 is 1.06 bits per heavy atom. The lowest BCUT2D eigenvalue weighted by molar-refractivity contribution is -0.136. The zero-order valence-corrected chi connectivity index (χ0v) is 19.3. The van der Waals surface area contributed by atoms with Crippen molar-refractivity contribution >= 4 is 23.4 Å². The molecule has 3 heterocycles. The number of carbonyl (C=O) groups excluding carboxylic acids is 3. The maximum Gasteiger partial charge on any atom is 0.255 e. The first-order valence-electron chi connectivity index (χ1n) is 11.9. The van der Waals surface area contributed by atoms with Crippen LogP contribution in [0.1, 0.15) is 39.9 Å². The van der Waals surface area contributed by atoms with Crippen LogP contribution in [0.4, 0.5) is 10.1 Å². The molecule has 0 saturated carbocycles. The molecule has 8 heteroatoms. The molecule has 0 aromatic heterocycles. The highest BCUT2D eigenvalue weighted by Crippen LogP contribution is 2.33. The first-order chi connectivity index (χ1) is 16.4. The molecule has 0 aliphatic carbocycles. The zero-order valence-electron chi connectivity index (χ0n) is 19.3. The normalized spacial score (nSPS) is 21.1. The van der Waals surface area contributed by atoms with Crippen molar-refractivity contribution in [3.05, 3.63) is 64.5 Å². The second-order valence-electron chi connectivity index (χ2n) is 9.37. The molecule has 0 radical (unpaired) electrons. The third-order valence-corrected chi connectivity index (χ3v) is 7.26. The number of imide groups is 1. The van der Waals surface area contributed by atoms with E-state index in [0.29, 0.717) is 30.8 Å². The van der Waals surface area contributed by atoms with Gasteiger partial charge in [0, 0.05) is 51.3 Å². The molecule has 0 bridgehead atoms. The molecule has 2 aromatic carbocycles. The summed E-state index contributed by atoms with van der Waals surface area (Å²) in [5.74, 6) is -1.54. The molecule has 1 unspecified atom stereocenters. The molecule has 178 valence electrons. The van der Waals surface area contributed by atoms with Crippen molar-refractivity contribution in [2.45, 2.75) is 38.8 Å². The van der Waals surface area contributed by atoms with Crippen molar-refractivity contribution < 1.29 is 18.8 Å². The largest absolute Gasteiger partial charge is 0.367 e. The molecule has 1 N–H and O–H groups in total. The quantitative estimate of drug-likeness (QED) is 0.688. The maximum absolute atomic E-state index is 15.1. The molecule has 3 aliphatic rings. The van der Waals surface area contributed by atoms with Crippen LogP contribution in [0.3, 0.4) is 0 Å². The van der Waals surface area contributed by atoms with Gasteiger partial charge in [0.15, 0.2) is 0 Å².